The highest BCUT2D eigenvalue weighted by Crippen LogP contribution is 2.27. The summed E-state index contributed by atoms with van der Waals surface area (Å²) in [6.07, 6.45) is 0. The smallest absolute Gasteiger partial charge is 0.338 e. The van der Waals surface area contributed by atoms with Gasteiger partial charge in [-0.05, 0) is 18.2 Å². The Morgan fingerprint density at radius 3 is 2.64 bits per heavy atom. The maximum absolute atomic E-state index is 13.4. The molecular formula is C15H12FNO5. The molecule has 22 heavy (non-hydrogen) atoms. The number of nitro benzene ring substituents is 1. The van der Waals surface area contributed by atoms with E-state index >= 15 is 0 Å². The van der Waals surface area contributed by atoms with Gasteiger partial charge in [-0.3, -0.25) is 10.1 Å². The third-order valence-corrected chi connectivity index (χ3v) is 2.93. The Labute approximate surface area is 125 Å². The number of nitro groups is 1. The lowest BCUT2D eigenvalue weighted by atomic mass is 10.2. The van der Waals surface area contributed by atoms with Gasteiger partial charge in [-0.2, -0.15) is 0 Å². The number of esters is 1. The summed E-state index contributed by atoms with van der Waals surface area (Å²) in [5, 5.41) is 10.9. The summed E-state index contributed by atoms with van der Waals surface area (Å²) < 4.78 is 23.2. The van der Waals surface area contributed by atoms with E-state index in [0.717, 1.165) is 6.07 Å². The molecule has 2 rings (SSSR count). The molecule has 0 N–H and O–H groups in total. The predicted molar refractivity (Wildman–Crippen MR) is 75.2 cm³/mol. The highest BCUT2D eigenvalue weighted by molar-refractivity contribution is 5.90. The van der Waals surface area contributed by atoms with Crippen molar-refractivity contribution < 1.29 is 23.6 Å². The zero-order valence-corrected chi connectivity index (χ0v) is 11.6. The molecule has 7 heteroatoms. The van der Waals surface area contributed by atoms with Gasteiger partial charge >= 0.3 is 11.7 Å². The molecule has 0 aliphatic heterocycles. The first-order valence-electron chi connectivity index (χ1n) is 6.26. The summed E-state index contributed by atoms with van der Waals surface area (Å²) >= 11 is 0. The van der Waals surface area contributed by atoms with Crippen LogP contribution in [0.1, 0.15) is 15.9 Å². The Kier molecular flexibility index (Phi) is 4.67. The van der Waals surface area contributed by atoms with Crippen molar-refractivity contribution >= 4 is 11.7 Å². The first-order valence-corrected chi connectivity index (χ1v) is 6.26. The number of hydrogen-bond donors (Lipinski definition) is 0. The second kappa shape index (κ2) is 6.66. The van der Waals surface area contributed by atoms with Crippen LogP contribution in [-0.2, 0) is 11.3 Å². The molecule has 0 aliphatic carbocycles. The lowest BCUT2D eigenvalue weighted by Gasteiger charge is -2.07. The van der Waals surface area contributed by atoms with Crippen LogP contribution in [0.3, 0.4) is 0 Å². The monoisotopic (exact) mass is 305 g/mol. The quantitative estimate of drug-likeness (QED) is 0.482. The van der Waals surface area contributed by atoms with E-state index in [4.69, 9.17) is 9.47 Å². The summed E-state index contributed by atoms with van der Waals surface area (Å²) in [6, 6.07) is 9.58. The maximum atomic E-state index is 13.4. The van der Waals surface area contributed by atoms with Crippen molar-refractivity contribution in [3.8, 4) is 5.75 Å². The minimum absolute atomic E-state index is 0.0103. The van der Waals surface area contributed by atoms with Gasteiger partial charge in [-0.1, -0.05) is 18.2 Å². The number of carbonyl (C=O) groups excluding carboxylic acids is 1. The fraction of sp³-hybridized carbons (Fsp3) is 0.133. The van der Waals surface area contributed by atoms with Crippen molar-refractivity contribution in [1.82, 2.24) is 0 Å². The first-order chi connectivity index (χ1) is 10.5. The van der Waals surface area contributed by atoms with Gasteiger partial charge in [0.2, 0.25) is 0 Å². The van der Waals surface area contributed by atoms with E-state index in [9.17, 15) is 19.3 Å². The number of halogens is 1. The minimum Gasteiger partial charge on any atom is -0.490 e. The Hall–Kier alpha value is -2.96. The summed E-state index contributed by atoms with van der Waals surface area (Å²) in [5.41, 5.74) is -0.134. The number of benzene rings is 2. The summed E-state index contributed by atoms with van der Waals surface area (Å²) in [4.78, 5) is 22.1. The van der Waals surface area contributed by atoms with E-state index in [2.05, 4.69) is 0 Å². The normalized spacial score (nSPS) is 10.1. The average molecular weight is 305 g/mol. The fourth-order valence-corrected chi connectivity index (χ4v) is 1.80. The molecule has 0 heterocycles. The average Bonchev–Trinajstić information content (AvgIpc) is 2.53. The van der Waals surface area contributed by atoms with Crippen LogP contribution >= 0.6 is 0 Å². The third-order valence-electron chi connectivity index (χ3n) is 2.93. The van der Waals surface area contributed by atoms with Crippen molar-refractivity contribution in [3.63, 3.8) is 0 Å². The predicted octanol–water partition coefficient (Wildman–Crippen LogP) is 3.10. The van der Waals surface area contributed by atoms with E-state index in [-0.39, 0.29) is 29.2 Å². The van der Waals surface area contributed by atoms with Gasteiger partial charge in [0, 0.05) is 11.6 Å². The first kappa shape index (κ1) is 15.4. The van der Waals surface area contributed by atoms with Gasteiger partial charge in [0.1, 0.15) is 12.4 Å². The number of hydrogen-bond acceptors (Lipinski definition) is 5. The number of carbonyl (C=O) groups is 1. The highest BCUT2D eigenvalue weighted by Gasteiger charge is 2.19. The molecule has 2 aromatic rings. The third kappa shape index (κ3) is 3.38. The van der Waals surface area contributed by atoms with Crippen molar-refractivity contribution in [2.24, 2.45) is 0 Å². The molecule has 0 unspecified atom stereocenters. The van der Waals surface area contributed by atoms with Crippen LogP contribution < -0.4 is 4.74 Å². The Morgan fingerprint density at radius 2 is 2.00 bits per heavy atom. The van der Waals surface area contributed by atoms with E-state index in [0.29, 0.717) is 0 Å². The van der Waals surface area contributed by atoms with Crippen LogP contribution in [-0.4, -0.2) is 18.0 Å². The topological polar surface area (TPSA) is 78.7 Å². The van der Waals surface area contributed by atoms with Crippen molar-refractivity contribution in [3.05, 3.63) is 69.5 Å². The van der Waals surface area contributed by atoms with Crippen LogP contribution in [0.4, 0.5) is 10.1 Å². The molecule has 0 saturated heterocycles. The van der Waals surface area contributed by atoms with Gasteiger partial charge in [0.05, 0.1) is 17.6 Å². The molecule has 0 bridgehead atoms. The molecule has 2 aromatic carbocycles. The molecule has 0 atom stereocenters. The zero-order valence-electron chi connectivity index (χ0n) is 11.6. The highest BCUT2D eigenvalue weighted by atomic mass is 19.1. The van der Waals surface area contributed by atoms with E-state index in [1.54, 1.807) is 6.07 Å². The van der Waals surface area contributed by atoms with Gasteiger partial charge in [0.15, 0.2) is 5.75 Å². The molecule has 0 spiro atoms. The SMILES string of the molecule is COc1ccc(C(=O)OCc2ccccc2F)cc1[N+](=O)[O-]. The van der Waals surface area contributed by atoms with Gasteiger partial charge < -0.3 is 9.47 Å². The Morgan fingerprint density at radius 1 is 1.27 bits per heavy atom. The van der Waals surface area contributed by atoms with Gasteiger partial charge in [-0.15, -0.1) is 0 Å². The van der Waals surface area contributed by atoms with Crippen LogP contribution in [0.5, 0.6) is 5.75 Å². The van der Waals surface area contributed by atoms with Crippen molar-refractivity contribution in [1.29, 1.82) is 0 Å². The van der Waals surface area contributed by atoms with Crippen LogP contribution in [0.15, 0.2) is 42.5 Å². The number of nitrogens with zero attached hydrogens (tertiary/aromatic N) is 1. The Balaban J connectivity index is 2.15. The Bertz CT molecular complexity index is 717. The molecular weight excluding hydrogens is 293 g/mol. The standard InChI is InChI=1S/C15H12FNO5/c1-21-14-7-6-10(8-13(14)17(19)20)15(18)22-9-11-4-2-3-5-12(11)16/h2-8H,9H2,1H3. The molecule has 0 saturated carbocycles. The fourth-order valence-electron chi connectivity index (χ4n) is 1.80. The van der Waals surface area contributed by atoms with Crippen LogP contribution in [0, 0.1) is 15.9 Å². The lowest BCUT2D eigenvalue weighted by Crippen LogP contribution is -2.07. The molecule has 0 amide bonds. The van der Waals surface area contributed by atoms with Gasteiger partial charge in [-0.25, -0.2) is 9.18 Å². The number of ether oxygens (including phenoxy) is 2. The summed E-state index contributed by atoms with van der Waals surface area (Å²) in [5.74, 6) is -1.24. The molecule has 0 radical (unpaired) electrons. The summed E-state index contributed by atoms with van der Waals surface area (Å²) in [7, 11) is 1.29. The van der Waals surface area contributed by atoms with Crippen molar-refractivity contribution in [2.75, 3.05) is 7.11 Å². The van der Waals surface area contributed by atoms with E-state index < -0.39 is 16.7 Å². The molecule has 6 nitrogen and oxygen atoms in total. The molecule has 0 aromatic heterocycles. The zero-order chi connectivity index (χ0) is 16.1. The number of methoxy groups -OCH3 is 1. The minimum atomic E-state index is -0.783. The van der Waals surface area contributed by atoms with E-state index in [1.807, 2.05) is 0 Å². The second-order valence-corrected chi connectivity index (χ2v) is 4.31. The molecule has 0 aliphatic rings. The summed E-state index contributed by atoms with van der Waals surface area (Å²) in [6.45, 7) is -0.259. The van der Waals surface area contributed by atoms with Crippen molar-refractivity contribution in [2.45, 2.75) is 6.61 Å². The number of rotatable bonds is 5. The maximum Gasteiger partial charge on any atom is 0.338 e. The second-order valence-electron chi connectivity index (χ2n) is 4.31. The van der Waals surface area contributed by atoms with Crippen LogP contribution in [0.2, 0.25) is 0 Å². The molecule has 114 valence electrons. The molecule has 0 fully saturated rings. The van der Waals surface area contributed by atoms with Crippen LogP contribution in [0.25, 0.3) is 0 Å². The van der Waals surface area contributed by atoms with Gasteiger partial charge in [0.25, 0.3) is 0 Å². The largest absolute Gasteiger partial charge is 0.490 e. The lowest BCUT2D eigenvalue weighted by molar-refractivity contribution is -0.385. The van der Waals surface area contributed by atoms with E-state index in [1.165, 1.54) is 37.4 Å².